The minimum absolute atomic E-state index is 0.497. The minimum atomic E-state index is -1.63. The topological polar surface area (TPSA) is 90.9 Å². The van der Waals surface area contributed by atoms with E-state index in [1.807, 2.05) is 17.5 Å². The molecule has 2 aromatic heterocycles. The van der Waals surface area contributed by atoms with E-state index >= 15 is 0 Å². The van der Waals surface area contributed by atoms with Crippen molar-refractivity contribution in [2.24, 2.45) is 0 Å². The fourth-order valence-corrected chi connectivity index (χ4v) is 3.26. The number of benzene rings is 2. The third-order valence-corrected chi connectivity index (χ3v) is 4.93. The Morgan fingerprint density at radius 1 is 1.23 bits per heavy atom. The molecule has 0 spiro atoms. The molecule has 1 atom stereocenters. The number of aliphatic hydroxyl groups is 1. The number of nitrogens with one attached hydrogen (secondary N) is 2. The summed E-state index contributed by atoms with van der Waals surface area (Å²) in [6.45, 7) is 1.48. The highest BCUT2D eigenvalue weighted by Crippen LogP contribution is 2.26. The van der Waals surface area contributed by atoms with E-state index < -0.39 is 11.5 Å². The van der Waals surface area contributed by atoms with Gasteiger partial charge in [-0.3, -0.25) is 4.79 Å². The minimum Gasteiger partial charge on any atom is -0.376 e. The lowest BCUT2D eigenvalue weighted by Gasteiger charge is -2.22. The number of hydrogen-bond donors (Lipinski definition) is 3. The van der Waals surface area contributed by atoms with Crippen LogP contribution in [0.3, 0.4) is 0 Å². The second-order valence-electron chi connectivity index (χ2n) is 6.05. The number of amides is 1. The van der Waals surface area contributed by atoms with Gasteiger partial charge in [0.1, 0.15) is 0 Å². The molecule has 130 valence electrons. The number of imidazole rings is 1. The molecule has 2 heterocycles. The van der Waals surface area contributed by atoms with Gasteiger partial charge in [-0.15, -0.1) is 11.3 Å². The Balaban J connectivity index is 1.60. The van der Waals surface area contributed by atoms with Gasteiger partial charge in [0.15, 0.2) is 16.4 Å². The first-order chi connectivity index (χ1) is 12.5. The first-order valence-electron chi connectivity index (χ1n) is 8.03. The van der Waals surface area contributed by atoms with E-state index in [0.29, 0.717) is 17.1 Å². The number of nitrogens with zero attached hydrogens (tertiary/aromatic N) is 2. The zero-order valence-corrected chi connectivity index (χ0v) is 14.7. The summed E-state index contributed by atoms with van der Waals surface area (Å²) in [5.41, 5.74) is 1.05. The van der Waals surface area contributed by atoms with Gasteiger partial charge in [0.05, 0.1) is 11.0 Å². The average molecular weight is 364 g/mol. The Morgan fingerprint density at radius 2 is 2.04 bits per heavy atom. The van der Waals surface area contributed by atoms with Crippen LogP contribution in [0.2, 0.25) is 0 Å². The largest absolute Gasteiger partial charge is 0.376 e. The second-order valence-corrected chi connectivity index (χ2v) is 6.94. The predicted molar refractivity (Wildman–Crippen MR) is 102 cm³/mol. The molecule has 1 amide bonds. The predicted octanol–water partition coefficient (Wildman–Crippen LogP) is 3.53. The molecule has 0 radical (unpaired) electrons. The number of carbonyl (C=O) groups is 1. The van der Waals surface area contributed by atoms with Crippen molar-refractivity contribution in [3.05, 3.63) is 65.7 Å². The van der Waals surface area contributed by atoms with Crippen molar-refractivity contribution >= 4 is 34.0 Å². The number of carbonyl (C=O) groups excluding carboxylic acids is 1. The number of aromatic nitrogens is 3. The first-order valence-corrected chi connectivity index (χ1v) is 8.91. The highest BCUT2D eigenvalue weighted by atomic mass is 32.1. The Bertz CT molecular complexity index is 1060. The van der Waals surface area contributed by atoms with Gasteiger partial charge in [0.2, 0.25) is 0 Å². The number of aromatic amines is 1. The monoisotopic (exact) mass is 364 g/mol. The molecular formula is C19H16N4O2S. The van der Waals surface area contributed by atoms with Crippen molar-refractivity contribution in [1.82, 2.24) is 15.0 Å². The summed E-state index contributed by atoms with van der Waals surface area (Å²) in [7, 11) is 0. The lowest BCUT2D eigenvalue weighted by molar-refractivity contribution is -0.133. The van der Waals surface area contributed by atoms with Crippen LogP contribution in [0, 0.1) is 0 Å². The third kappa shape index (κ3) is 2.98. The van der Waals surface area contributed by atoms with E-state index in [4.69, 9.17) is 0 Å². The fraction of sp³-hybridized carbons (Fsp3) is 0.105. The van der Waals surface area contributed by atoms with Crippen molar-refractivity contribution in [2.45, 2.75) is 12.5 Å². The molecule has 0 saturated heterocycles. The number of hydrogen-bond acceptors (Lipinski definition) is 5. The number of thiazole rings is 1. The third-order valence-electron chi connectivity index (χ3n) is 4.15. The standard InChI is InChI=1S/C19H16N4O2S/c1-19(25,12-5-3-2-4-6-12)18(24)21-13-7-8-14-15(11-13)23-16(22-14)17-20-9-10-26-17/h2-11,25H,1H3,(H,21,24)(H,22,23). The van der Waals surface area contributed by atoms with Gasteiger partial charge in [-0.25, -0.2) is 9.97 Å². The van der Waals surface area contributed by atoms with E-state index in [2.05, 4.69) is 20.3 Å². The summed E-state index contributed by atoms with van der Waals surface area (Å²) in [6.07, 6.45) is 1.73. The Morgan fingerprint density at radius 3 is 2.77 bits per heavy atom. The molecule has 0 saturated carbocycles. The van der Waals surface area contributed by atoms with Gasteiger partial charge < -0.3 is 15.4 Å². The Labute approximate surface area is 153 Å². The average Bonchev–Trinajstić information content (AvgIpc) is 3.31. The molecule has 0 aliphatic heterocycles. The van der Waals surface area contributed by atoms with Gasteiger partial charge in [0, 0.05) is 17.3 Å². The molecule has 1 unspecified atom stereocenters. The summed E-state index contributed by atoms with van der Waals surface area (Å²) >= 11 is 1.50. The molecular weight excluding hydrogens is 348 g/mol. The lowest BCUT2D eigenvalue weighted by Crippen LogP contribution is -2.37. The van der Waals surface area contributed by atoms with Crippen LogP contribution < -0.4 is 5.32 Å². The van der Waals surface area contributed by atoms with Crippen LogP contribution in [0.25, 0.3) is 21.9 Å². The van der Waals surface area contributed by atoms with Gasteiger partial charge in [-0.1, -0.05) is 30.3 Å². The van der Waals surface area contributed by atoms with Crippen molar-refractivity contribution in [2.75, 3.05) is 5.32 Å². The quantitative estimate of drug-likeness (QED) is 0.517. The van der Waals surface area contributed by atoms with Crippen LogP contribution in [0.1, 0.15) is 12.5 Å². The molecule has 4 aromatic rings. The van der Waals surface area contributed by atoms with E-state index in [0.717, 1.165) is 16.0 Å². The maximum Gasteiger partial charge on any atom is 0.260 e. The maximum atomic E-state index is 12.6. The van der Waals surface area contributed by atoms with Crippen molar-refractivity contribution < 1.29 is 9.90 Å². The summed E-state index contributed by atoms with van der Waals surface area (Å²) in [6, 6.07) is 14.2. The van der Waals surface area contributed by atoms with Gasteiger partial charge >= 0.3 is 0 Å². The van der Waals surface area contributed by atoms with Crippen LogP contribution in [0.15, 0.2) is 60.1 Å². The van der Waals surface area contributed by atoms with Gasteiger partial charge in [-0.2, -0.15) is 0 Å². The second kappa shape index (κ2) is 6.36. The van der Waals surface area contributed by atoms with Crippen LogP contribution in [-0.4, -0.2) is 26.0 Å². The maximum absolute atomic E-state index is 12.6. The van der Waals surface area contributed by atoms with Crippen LogP contribution >= 0.6 is 11.3 Å². The smallest absolute Gasteiger partial charge is 0.260 e. The molecule has 26 heavy (non-hydrogen) atoms. The van der Waals surface area contributed by atoms with Gasteiger partial charge in [0.25, 0.3) is 5.91 Å². The van der Waals surface area contributed by atoms with E-state index in [1.54, 1.807) is 42.6 Å². The first kappa shape index (κ1) is 16.4. The van der Waals surface area contributed by atoms with E-state index in [-0.39, 0.29) is 0 Å². The number of anilines is 1. The van der Waals surface area contributed by atoms with Crippen LogP contribution in [0.4, 0.5) is 5.69 Å². The van der Waals surface area contributed by atoms with Crippen LogP contribution in [0.5, 0.6) is 0 Å². The zero-order valence-electron chi connectivity index (χ0n) is 13.9. The molecule has 7 heteroatoms. The van der Waals surface area contributed by atoms with E-state index in [9.17, 15) is 9.90 Å². The summed E-state index contributed by atoms with van der Waals surface area (Å²) in [5.74, 6) is 0.192. The normalized spacial score (nSPS) is 13.5. The number of H-pyrrole nitrogens is 1. The number of fused-ring (bicyclic) bond motifs is 1. The van der Waals surface area contributed by atoms with Crippen molar-refractivity contribution in [3.8, 4) is 10.8 Å². The molecule has 4 rings (SSSR count). The summed E-state index contributed by atoms with van der Waals surface area (Å²) in [4.78, 5) is 24.5. The summed E-state index contributed by atoms with van der Waals surface area (Å²) in [5, 5.41) is 16.1. The Kier molecular flexibility index (Phi) is 4.02. The highest BCUT2D eigenvalue weighted by molar-refractivity contribution is 7.13. The molecule has 0 aliphatic rings. The van der Waals surface area contributed by atoms with E-state index in [1.165, 1.54) is 18.3 Å². The van der Waals surface area contributed by atoms with Crippen molar-refractivity contribution in [3.63, 3.8) is 0 Å². The Hall–Kier alpha value is -3.03. The summed E-state index contributed by atoms with van der Waals surface area (Å²) < 4.78 is 0. The molecule has 0 bridgehead atoms. The molecule has 0 fully saturated rings. The molecule has 3 N–H and O–H groups in total. The molecule has 6 nitrogen and oxygen atoms in total. The number of rotatable bonds is 4. The van der Waals surface area contributed by atoms with Crippen LogP contribution in [-0.2, 0) is 10.4 Å². The molecule has 2 aromatic carbocycles. The zero-order chi connectivity index (χ0) is 18.1. The highest BCUT2D eigenvalue weighted by Gasteiger charge is 2.32. The fourth-order valence-electron chi connectivity index (χ4n) is 2.68. The SMILES string of the molecule is CC(O)(C(=O)Nc1ccc2nc(-c3nccs3)[nH]c2c1)c1ccccc1. The molecule has 0 aliphatic carbocycles. The van der Waals surface area contributed by atoms with Gasteiger partial charge in [-0.05, 0) is 30.7 Å². The lowest BCUT2D eigenvalue weighted by atomic mass is 9.95. The van der Waals surface area contributed by atoms with Crippen molar-refractivity contribution in [1.29, 1.82) is 0 Å².